The molecule has 0 atom stereocenters. The lowest BCUT2D eigenvalue weighted by molar-refractivity contribution is -0.123. The van der Waals surface area contributed by atoms with E-state index in [1.165, 1.54) is 6.21 Å². The van der Waals surface area contributed by atoms with Crippen LogP contribution in [0.3, 0.4) is 0 Å². The average molecular weight is 358 g/mol. The third kappa shape index (κ3) is 4.91. The molecule has 2 aromatic rings. The zero-order valence-electron chi connectivity index (χ0n) is 11.2. The zero-order valence-corrected chi connectivity index (χ0v) is 13.5. The van der Waals surface area contributed by atoms with E-state index in [2.05, 4.69) is 10.5 Å². The number of carbonyl (C=O) groups excluding carboxylic acids is 1. The molecule has 0 fully saturated rings. The highest BCUT2D eigenvalue weighted by Gasteiger charge is 2.04. The van der Waals surface area contributed by atoms with Gasteiger partial charge in [0.05, 0.1) is 16.3 Å². The fraction of sp³-hybridized carbons (Fsp3) is 0.0667. The van der Waals surface area contributed by atoms with Gasteiger partial charge in [-0.25, -0.2) is 5.43 Å². The summed E-state index contributed by atoms with van der Waals surface area (Å²) < 4.78 is 5.28. The van der Waals surface area contributed by atoms with Gasteiger partial charge in [-0.15, -0.1) is 0 Å². The fourth-order valence-electron chi connectivity index (χ4n) is 1.52. The van der Waals surface area contributed by atoms with Crippen LogP contribution in [0.1, 0.15) is 5.56 Å². The summed E-state index contributed by atoms with van der Waals surface area (Å²) in [5, 5.41) is 5.21. The van der Waals surface area contributed by atoms with Gasteiger partial charge in [-0.3, -0.25) is 4.79 Å². The summed E-state index contributed by atoms with van der Waals surface area (Å²) >= 11 is 17.7. The van der Waals surface area contributed by atoms with Crippen LogP contribution in [0, 0.1) is 0 Å². The number of ether oxygens (including phenoxy) is 1. The van der Waals surface area contributed by atoms with E-state index in [9.17, 15) is 4.79 Å². The molecule has 0 aliphatic carbocycles. The number of hydrazone groups is 1. The van der Waals surface area contributed by atoms with Gasteiger partial charge in [0.2, 0.25) is 0 Å². The fourth-order valence-corrected chi connectivity index (χ4v) is 2.16. The van der Waals surface area contributed by atoms with Crippen LogP contribution in [-0.2, 0) is 4.79 Å². The van der Waals surface area contributed by atoms with E-state index in [0.717, 1.165) is 0 Å². The molecule has 0 aliphatic rings. The minimum Gasteiger partial charge on any atom is -0.482 e. The molecule has 1 N–H and O–H groups in total. The second-order valence-corrected chi connectivity index (χ2v) is 5.43. The Morgan fingerprint density at radius 3 is 2.64 bits per heavy atom. The number of para-hydroxylation sites is 1. The van der Waals surface area contributed by atoms with Gasteiger partial charge in [-0.1, -0.05) is 53.0 Å². The summed E-state index contributed by atoms with van der Waals surface area (Å²) in [7, 11) is 0. The maximum atomic E-state index is 11.6. The van der Waals surface area contributed by atoms with Gasteiger partial charge >= 0.3 is 0 Å². The SMILES string of the molecule is O=C(COc1ccccc1Cl)N/N=C\c1ccc(Cl)cc1Cl. The lowest BCUT2D eigenvalue weighted by Crippen LogP contribution is -2.24. The third-order valence-corrected chi connectivity index (χ3v) is 3.43. The van der Waals surface area contributed by atoms with Crippen molar-refractivity contribution in [2.45, 2.75) is 0 Å². The zero-order chi connectivity index (χ0) is 15.9. The van der Waals surface area contributed by atoms with Crippen LogP contribution in [-0.4, -0.2) is 18.7 Å². The first-order valence-corrected chi connectivity index (χ1v) is 7.34. The number of carbonyl (C=O) groups is 1. The van der Waals surface area contributed by atoms with Crippen molar-refractivity contribution in [2.24, 2.45) is 5.10 Å². The van der Waals surface area contributed by atoms with Crippen molar-refractivity contribution < 1.29 is 9.53 Å². The molecule has 2 aromatic carbocycles. The van der Waals surface area contributed by atoms with Gasteiger partial charge in [-0.2, -0.15) is 5.10 Å². The average Bonchev–Trinajstić information content (AvgIpc) is 2.49. The summed E-state index contributed by atoms with van der Waals surface area (Å²) in [6.45, 7) is -0.199. The third-order valence-electron chi connectivity index (χ3n) is 2.55. The number of nitrogens with one attached hydrogen (secondary N) is 1. The van der Waals surface area contributed by atoms with Crippen LogP contribution in [0.4, 0.5) is 0 Å². The van der Waals surface area contributed by atoms with E-state index >= 15 is 0 Å². The largest absolute Gasteiger partial charge is 0.482 e. The van der Waals surface area contributed by atoms with Crippen molar-refractivity contribution in [1.29, 1.82) is 0 Å². The Labute approximate surface area is 142 Å². The first-order chi connectivity index (χ1) is 10.6. The lowest BCUT2D eigenvalue weighted by Gasteiger charge is -2.06. The van der Waals surface area contributed by atoms with Gasteiger partial charge in [0, 0.05) is 10.6 Å². The minimum absolute atomic E-state index is 0.199. The number of hydrogen-bond donors (Lipinski definition) is 1. The Hall–Kier alpha value is -1.75. The molecule has 1 amide bonds. The first kappa shape index (κ1) is 16.6. The maximum Gasteiger partial charge on any atom is 0.277 e. The highest BCUT2D eigenvalue weighted by atomic mass is 35.5. The molecule has 0 unspecified atom stereocenters. The number of hydrogen-bond acceptors (Lipinski definition) is 3. The Morgan fingerprint density at radius 2 is 1.91 bits per heavy atom. The smallest absolute Gasteiger partial charge is 0.277 e. The van der Waals surface area contributed by atoms with E-state index in [0.29, 0.717) is 26.4 Å². The molecule has 2 rings (SSSR count). The van der Waals surface area contributed by atoms with Crippen LogP contribution >= 0.6 is 34.8 Å². The standard InChI is InChI=1S/C15H11Cl3N2O2/c16-11-6-5-10(13(18)7-11)8-19-20-15(21)9-22-14-4-2-1-3-12(14)17/h1-8H,9H2,(H,20,21)/b19-8-. The number of nitrogens with zero attached hydrogens (tertiary/aromatic N) is 1. The number of rotatable bonds is 5. The molecule has 0 bridgehead atoms. The van der Waals surface area contributed by atoms with Crippen molar-refractivity contribution in [1.82, 2.24) is 5.43 Å². The number of amides is 1. The Kier molecular flexibility index (Phi) is 6.07. The van der Waals surface area contributed by atoms with E-state index < -0.39 is 5.91 Å². The Bertz CT molecular complexity index is 705. The van der Waals surface area contributed by atoms with Crippen LogP contribution in [0.2, 0.25) is 15.1 Å². The van der Waals surface area contributed by atoms with Crippen molar-refractivity contribution in [3.63, 3.8) is 0 Å². The Balaban J connectivity index is 1.85. The molecule has 22 heavy (non-hydrogen) atoms. The second-order valence-electron chi connectivity index (χ2n) is 4.18. The highest BCUT2D eigenvalue weighted by Crippen LogP contribution is 2.22. The van der Waals surface area contributed by atoms with Crippen molar-refractivity contribution in [3.05, 3.63) is 63.1 Å². The molecule has 0 saturated carbocycles. The first-order valence-electron chi connectivity index (χ1n) is 6.20. The van der Waals surface area contributed by atoms with Gasteiger partial charge in [-0.05, 0) is 24.3 Å². The van der Waals surface area contributed by atoms with Crippen molar-refractivity contribution in [2.75, 3.05) is 6.61 Å². The van der Waals surface area contributed by atoms with Crippen LogP contribution in [0.15, 0.2) is 47.6 Å². The van der Waals surface area contributed by atoms with Gasteiger partial charge in [0.15, 0.2) is 6.61 Å². The summed E-state index contributed by atoms with van der Waals surface area (Å²) in [4.78, 5) is 11.6. The molecule has 0 radical (unpaired) electrons. The van der Waals surface area contributed by atoms with Crippen LogP contribution < -0.4 is 10.2 Å². The molecule has 7 heteroatoms. The predicted octanol–water partition coefficient (Wildman–Crippen LogP) is 4.18. The topological polar surface area (TPSA) is 50.7 Å². The summed E-state index contributed by atoms with van der Waals surface area (Å²) in [6.07, 6.45) is 1.42. The molecular weight excluding hydrogens is 347 g/mol. The molecule has 0 heterocycles. The lowest BCUT2D eigenvalue weighted by atomic mass is 10.2. The summed E-state index contributed by atoms with van der Waals surface area (Å²) in [5.41, 5.74) is 2.97. The minimum atomic E-state index is -0.416. The van der Waals surface area contributed by atoms with Crippen LogP contribution in [0.5, 0.6) is 5.75 Å². The second kappa shape index (κ2) is 8.03. The quantitative estimate of drug-likeness (QED) is 0.645. The van der Waals surface area contributed by atoms with Gasteiger partial charge in [0.1, 0.15) is 5.75 Å². The molecule has 0 aromatic heterocycles. The summed E-state index contributed by atoms with van der Waals surface area (Å²) in [5.74, 6) is 0.0188. The van der Waals surface area contributed by atoms with Crippen LogP contribution in [0.25, 0.3) is 0 Å². The molecular formula is C15H11Cl3N2O2. The highest BCUT2D eigenvalue weighted by molar-refractivity contribution is 6.36. The normalized spacial score (nSPS) is 10.7. The molecule has 4 nitrogen and oxygen atoms in total. The monoisotopic (exact) mass is 356 g/mol. The molecule has 114 valence electrons. The van der Waals surface area contributed by atoms with E-state index in [4.69, 9.17) is 39.5 Å². The number of halogens is 3. The molecule has 0 saturated heterocycles. The molecule has 0 spiro atoms. The van der Waals surface area contributed by atoms with E-state index in [-0.39, 0.29) is 6.61 Å². The maximum absolute atomic E-state index is 11.6. The van der Waals surface area contributed by atoms with Gasteiger partial charge < -0.3 is 4.74 Å². The van der Waals surface area contributed by atoms with E-state index in [1.807, 2.05) is 0 Å². The van der Waals surface area contributed by atoms with Gasteiger partial charge in [0.25, 0.3) is 5.91 Å². The molecule has 0 aliphatic heterocycles. The summed E-state index contributed by atoms with van der Waals surface area (Å²) in [6, 6.07) is 11.8. The predicted molar refractivity (Wildman–Crippen MR) is 89.1 cm³/mol. The van der Waals surface area contributed by atoms with Crippen molar-refractivity contribution >= 4 is 46.9 Å². The van der Waals surface area contributed by atoms with E-state index in [1.54, 1.807) is 42.5 Å². The number of benzene rings is 2. The Morgan fingerprint density at radius 1 is 1.14 bits per heavy atom. The van der Waals surface area contributed by atoms with Crippen molar-refractivity contribution in [3.8, 4) is 5.75 Å².